The van der Waals surface area contributed by atoms with Crippen LogP contribution in [0.4, 0.5) is 0 Å². The second-order valence-electron chi connectivity index (χ2n) is 7.82. The van der Waals surface area contributed by atoms with E-state index in [4.69, 9.17) is 9.73 Å². The number of hydrogen-bond acceptors (Lipinski definition) is 4. The maximum atomic E-state index is 9.35. The van der Waals surface area contributed by atoms with Gasteiger partial charge in [0, 0.05) is 38.3 Å². The van der Waals surface area contributed by atoms with E-state index < -0.39 is 0 Å². The van der Waals surface area contributed by atoms with E-state index >= 15 is 0 Å². The molecule has 0 aromatic carbocycles. The van der Waals surface area contributed by atoms with Gasteiger partial charge in [-0.15, -0.1) is 0 Å². The van der Waals surface area contributed by atoms with E-state index in [9.17, 15) is 5.11 Å². The zero-order chi connectivity index (χ0) is 18.0. The zero-order valence-corrected chi connectivity index (χ0v) is 16.2. The van der Waals surface area contributed by atoms with Gasteiger partial charge in [-0.05, 0) is 51.6 Å². The summed E-state index contributed by atoms with van der Waals surface area (Å²) < 4.78 is 5.56. The summed E-state index contributed by atoms with van der Waals surface area (Å²) >= 11 is 0. The largest absolute Gasteiger partial charge is 0.396 e. The van der Waals surface area contributed by atoms with Crippen LogP contribution in [0.2, 0.25) is 0 Å². The number of aliphatic hydroxyl groups is 1. The number of ether oxygens (including phenoxy) is 1. The van der Waals surface area contributed by atoms with Gasteiger partial charge in [0.2, 0.25) is 0 Å². The number of nitrogens with zero attached hydrogens (tertiary/aromatic N) is 2. The first-order valence-corrected chi connectivity index (χ1v) is 10.1. The topological polar surface area (TPSA) is 69.1 Å². The first kappa shape index (κ1) is 20.5. The molecule has 0 amide bonds. The van der Waals surface area contributed by atoms with Crippen molar-refractivity contribution >= 4 is 5.96 Å². The van der Waals surface area contributed by atoms with E-state index in [2.05, 4.69) is 29.4 Å². The van der Waals surface area contributed by atoms with Gasteiger partial charge in [0.1, 0.15) is 0 Å². The molecular weight excluding hydrogens is 316 g/mol. The van der Waals surface area contributed by atoms with Crippen molar-refractivity contribution in [1.29, 1.82) is 0 Å². The van der Waals surface area contributed by atoms with Crippen LogP contribution < -0.4 is 10.6 Å². The fourth-order valence-corrected chi connectivity index (χ4v) is 3.79. The minimum absolute atomic E-state index is 0.0104. The van der Waals surface area contributed by atoms with Gasteiger partial charge in [-0.3, -0.25) is 4.99 Å². The van der Waals surface area contributed by atoms with E-state index in [0.29, 0.717) is 19.1 Å². The van der Waals surface area contributed by atoms with E-state index in [-0.39, 0.29) is 12.0 Å². The quantitative estimate of drug-likeness (QED) is 0.432. The summed E-state index contributed by atoms with van der Waals surface area (Å²) in [6.07, 6.45) is 5.83. The van der Waals surface area contributed by atoms with Crippen LogP contribution in [0.5, 0.6) is 0 Å². The SMILES string of the molecule is CCNC(=NCC1(CCO)CCOC1)NCC(C)CN1CCCCC1. The fourth-order valence-electron chi connectivity index (χ4n) is 3.79. The summed E-state index contributed by atoms with van der Waals surface area (Å²) in [5.74, 6) is 1.49. The highest BCUT2D eigenvalue weighted by Gasteiger charge is 2.34. The highest BCUT2D eigenvalue weighted by Crippen LogP contribution is 2.32. The summed E-state index contributed by atoms with van der Waals surface area (Å²) in [4.78, 5) is 7.38. The summed E-state index contributed by atoms with van der Waals surface area (Å²) in [5.41, 5.74) is 0.0104. The van der Waals surface area contributed by atoms with Gasteiger partial charge in [0.05, 0.1) is 13.2 Å². The number of rotatable bonds is 9. The molecule has 0 saturated carbocycles. The third kappa shape index (κ3) is 7.12. The second-order valence-corrected chi connectivity index (χ2v) is 7.82. The fraction of sp³-hybridized carbons (Fsp3) is 0.947. The standard InChI is InChI=1S/C19H38N4O2/c1-3-20-18(22-15-19(7-11-24)8-12-25-16-19)21-13-17(2)14-23-9-5-4-6-10-23/h17,24H,3-16H2,1-2H3,(H2,20,21,22). The average molecular weight is 355 g/mol. The summed E-state index contributed by atoms with van der Waals surface area (Å²) in [6.45, 7) is 12.3. The van der Waals surface area contributed by atoms with Crippen LogP contribution >= 0.6 is 0 Å². The van der Waals surface area contributed by atoms with E-state index in [1.165, 1.54) is 32.4 Å². The molecule has 6 heteroatoms. The second kappa shape index (κ2) is 11.0. The Hall–Kier alpha value is -0.850. The van der Waals surface area contributed by atoms with Crippen molar-refractivity contribution in [2.75, 3.05) is 59.1 Å². The van der Waals surface area contributed by atoms with Crippen molar-refractivity contribution in [3.8, 4) is 0 Å². The van der Waals surface area contributed by atoms with Crippen molar-refractivity contribution < 1.29 is 9.84 Å². The Bertz CT molecular complexity index is 391. The molecule has 3 N–H and O–H groups in total. The first-order chi connectivity index (χ1) is 12.2. The third-order valence-corrected chi connectivity index (χ3v) is 5.38. The first-order valence-electron chi connectivity index (χ1n) is 10.1. The van der Waals surface area contributed by atoms with Crippen LogP contribution in [0.25, 0.3) is 0 Å². The molecule has 2 saturated heterocycles. The number of piperidine rings is 1. The van der Waals surface area contributed by atoms with Gasteiger partial charge in [-0.1, -0.05) is 13.3 Å². The third-order valence-electron chi connectivity index (χ3n) is 5.38. The van der Waals surface area contributed by atoms with Crippen molar-refractivity contribution in [2.45, 2.75) is 46.0 Å². The molecule has 0 aromatic heterocycles. The molecule has 2 rings (SSSR count). The summed E-state index contributed by atoms with van der Waals surface area (Å²) in [6, 6.07) is 0. The molecule has 2 heterocycles. The summed E-state index contributed by atoms with van der Waals surface area (Å²) in [5, 5.41) is 16.2. The maximum Gasteiger partial charge on any atom is 0.191 e. The van der Waals surface area contributed by atoms with Crippen molar-refractivity contribution in [1.82, 2.24) is 15.5 Å². The molecule has 2 aliphatic heterocycles. The number of hydrogen-bond donors (Lipinski definition) is 3. The lowest BCUT2D eigenvalue weighted by atomic mass is 9.84. The van der Waals surface area contributed by atoms with Crippen molar-refractivity contribution in [3.05, 3.63) is 0 Å². The molecule has 146 valence electrons. The molecule has 2 fully saturated rings. The Morgan fingerprint density at radius 3 is 2.72 bits per heavy atom. The molecule has 0 aliphatic carbocycles. The Morgan fingerprint density at radius 1 is 1.28 bits per heavy atom. The predicted octanol–water partition coefficient (Wildman–Crippen LogP) is 1.45. The van der Waals surface area contributed by atoms with Crippen LogP contribution in [0.15, 0.2) is 4.99 Å². The lowest BCUT2D eigenvalue weighted by Gasteiger charge is -2.29. The molecule has 0 spiro atoms. The van der Waals surface area contributed by atoms with Gasteiger partial charge < -0.3 is 25.4 Å². The summed E-state index contributed by atoms with van der Waals surface area (Å²) in [7, 11) is 0. The van der Waals surface area contributed by atoms with Crippen LogP contribution in [0.1, 0.15) is 46.0 Å². The number of likely N-dealkylation sites (tertiary alicyclic amines) is 1. The lowest BCUT2D eigenvalue weighted by molar-refractivity contribution is 0.131. The van der Waals surface area contributed by atoms with E-state index in [1.54, 1.807) is 0 Å². The average Bonchev–Trinajstić information content (AvgIpc) is 3.07. The van der Waals surface area contributed by atoms with Gasteiger partial charge >= 0.3 is 0 Å². The smallest absolute Gasteiger partial charge is 0.191 e. The Labute approximate surface area is 153 Å². The van der Waals surface area contributed by atoms with Crippen LogP contribution in [0.3, 0.4) is 0 Å². The van der Waals surface area contributed by atoms with Crippen LogP contribution in [-0.2, 0) is 4.74 Å². The molecule has 0 bridgehead atoms. The highest BCUT2D eigenvalue weighted by molar-refractivity contribution is 5.79. The van der Waals surface area contributed by atoms with E-state index in [1.807, 2.05) is 0 Å². The predicted molar refractivity (Wildman–Crippen MR) is 103 cm³/mol. The van der Waals surface area contributed by atoms with Crippen LogP contribution in [-0.4, -0.2) is 75.1 Å². The highest BCUT2D eigenvalue weighted by atomic mass is 16.5. The van der Waals surface area contributed by atoms with E-state index in [0.717, 1.165) is 45.0 Å². The number of guanidine groups is 1. The molecule has 2 atom stereocenters. The number of nitrogens with one attached hydrogen (secondary N) is 2. The zero-order valence-electron chi connectivity index (χ0n) is 16.2. The van der Waals surface area contributed by atoms with Crippen molar-refractivity contribution in [3.63, 3.8) is 0 Å². The van der Waals surface area contributed by atoms with Gasteiger partial charge in [0.25, 0.3) is 0 Å². The van der Waals surface area contributed by atoms with Gasteiger partial charge in [0.15, 0.2) is 5.96 Å². The van der Waals surface area contributed by atoms with Gasteiger partial charge in [-0.25, -0.2) is 0 Å². The Kier molecular flexibility index (Phi) is 8.99. The molecular formula is C19H38N4O2. The maximum absolute atomic E-state index is 9.35. The molecule has 0 aromatic rings. The molecule has 25 heavy (non-hydrogen) atoms. The monoisotopic (exact) mass is 354 g/mol. The molecule has 2 unspecified atom stereocenters. The minimum Gasteiger partial charge on any atom is -0.396 e. The normalized spacial score (nSPS) is 26.6. The lowest BCUT2D eigenvalue weighted by Crippen LogP contribution is -2.43. The number of aliphatic imine (C=N–C) groups is 1. The number of aliphatic hydroxyl groups excluding tert-OH is 1. The minimum atomic E-state index is 0.0104. The molecule has 0 radical (unpaired) electrons. The van der Waals surface area contributed by atoms with Crippen LogP contribution in [0, 0.1) is 11.3 Å². The van der Waals surface area contributed by atoms with Gasteiger partial charge in [-0.2, -0.15) is 0 Å². The Morgan fingerprint density at radius 2 is 2.08 bits per heavy atom. The molecule has 2 aliphatic rings. The Balaban J connectivity index is 1.80. The molecule has 6 nitrogen and oxygen atoms in total. The van der Waals surface area contributed by atoms with Crippen molar-refractivity contribution in [2.24, 2.45) is 16.3 Å².